The number of amides is 1. The average Bonchev–Trinajstić information content (AvgIpc) is 2.75. The quantitative estimate of drug-likeness (QED) is 0.710. The Labute approximate surface area is 174 Å². The molecule has 1 amide bonds. The normalized spacial score (nSPS) is 20.3. The molecule has 1 N–H and O–H groups in total. The Balaban J connectivity index is 1.73. The van der Waals surface area contributed by atoms with Gasteiger partial charge in [-0.05, 0) is 53.4 Å². The summed E-state index contributed by atoms with van der Waals surface area (Å²) in [4.78, 5) is 14.4. The van der Waals surface area contributed by atoms with Gasteiger partial charge in [-0.15, -0.1) is 0 Å². The Bertz CT molecular complexity index is 1120. The molecule has 1 aliphatic rings. The van der Waals surface area contributed by atoms with E-state index in [1.54, 1.807) is 0 Å². The number of halogens is 1. The third-order valence-electron chi connectivity index (χ3n) is 5.81. The maximum Gasteiger partial charge on any atom is 0.255 e. The van der Waals surface area contributed by atoms with E-state index in [9.17, 15) is 19.6 Å². The van der Waals surface area contributed by atoms with Crippen LogP contribution < -0.4 is 0 Å². The second kappa shape index (κ2) is 8.10. The highest BCUT2D eigenvalue weighted by Gasteiger charge is 2.52. The van der Waals surface area contributed by atoms with Gasteiger partial charge in [-0.25, -0.2) is 4.39 Å². The molecule has 0 aromatic heterocycles. The number of benzene rings is 3. The molecular formula is C25H21FN2O2. The summed E-state index contributed by atoms with van der Waals surface area (Å²) in [5.74, 6) is -1.14. The number of aliphatic hydroxyl groups is 1. The molecule has 1 heterocycles. The zero-order chi connectivity index (χ0) is 21.3. The molecule has 150 valence electrons. The van der Waals surface area contributed by atoms with Gasteiger partial charge >= 0.3 is 0 Å². The molecule has 0 bridgehead atoms. The molecule has 0 saturated carbocycles. The van der Waals surface area contributed by atoms with Crippen molar-refractivity contribution in [2.24, 2.45) is 0 Å². The summed E-state index contributed by atoms with van der Waals surface area (Å²) in [6.07, 6.45) is 0. The molecule has 3 atom stereocenters. The number of hydrogen-bond acceptors (Lipinski definition) is 3. The summed E-state index contributed by atoms with van der Waals surface area (Å²) < 4.78 is 13.2. The number of hydrogen-bond donors (Lipinski definition) is 1. The van der Waals surface area contributed by atoms with Crippen LogP contribution in [0.15, 0.2) is 72.8 Å². The van der Waals surface area contributed by atoms with E-state index in [2.05, 4.69) is 6.07 Å². The first-order valence-electron chi connectivity index (χ1n) is 9.80. The van der Waals surface area contributed by atoms with Crippen LogP contribution in [0.4, 0.5) is 4.39 Å². The number of nitriles is 1. The van der Waals surface area contributed by atoms with Crippen molar-refractivity contribution < 1.29 is 14.3 Å². The van der Waals surface area contributed by atoms with Gasteiger partial charge in [0.25, 0.3) is 5.91 Å². The fourth-order valence-electron chi connectivity index (χ4n) is 4.31. The van der Waals surface area contributed by atoms with Crippen LogP contribution in [0, 0.1) is 24.1 Å². The minimum absolute atomic E-state index is 0.266. The average molecular weight is 400 g/mol. The fraction of sp³-hybridized carbons (Fsp3) is 0.200. The van der Waals surface area contributed by atoms with Gasteiger partial charge in [0.15, 0.2) is 0 Å². The second-order valence-electron chi connectivity index (χ2n) is 7.47. The standard InChI is InChI=1S/C25H21FN2O2/c1-16-6-2-3-7-19(16)20-8-4-5-9-21(20)24-22(14-27)28(23(24)15-29)25(30)17-10-12-18(26)13-11-17/h2-13,22-24,29H,15H2,1H3/t22-,23-,24+/m0/s1. The molecule has 30 heavy (non-hydrogen) atoms. The summed E-state index contributed by atoms with van der Waals surface area (Å²) >= 11 is 0. The first-order valence-corrected chi connectivity index (χ1v) is 9.80. The lowest BCUT2D eigenvalue weighted by atomic mass is 9.73. The molecule has 1 aliphatic heterocycles. The third kappa shape index (κ3) is 3.26. The Hall–Kier alpha value is -3.49. The van der Waals surface area contributed by atoms with Crippen molar-refractivity contribution in [3.05, 3.63) is 95.3 Å². The molecule has 3 aromatic carbocycles. The van der Waals surface area contributed by atoms with Gasteiger partial charge in [-0.3, -0.25) is 4.79 Å². The highest BCUT2D eigenvalue weighted by molar-refractivity contribution is 5.96. The van der Waals surface area contributed by atoms with E-state index in [1.165, 1.54) is 29.2 Å². The zero-order valence-corrected chi connectivity index (χ0v) is 16.5. The minimum atomic E-state index is -0.718. The number of carbonyl (C=O) groups excluding carboxylic acids is 1. The number of likely N-dealkylation sites (tertiary alicyclic amines) is 1. The predicted molar refractivity (Wildman–Crippen MR) is 112 cm³/mol. The van der Waals surface area contributed by atoms with Crippen LogP contribution in [0.1, 0.15) is 27.4 Å². The van der Waals surface area contributed by atoms with Gasteiger partial charge < -0.3 is 10.0 Å². The molecule has 4 nitrogen and oxygen atoms in total. The van der Waals surface area contributed by atoms with E-state index in [0.29, 0.717) is 5.56 Å². The molecule has 3 aromatic rings. The van der Waals surface area contributed by atoms with Crippen molar-refractivity contribution in [1.29, 1.82) is 5.26 Å². The van der Waals surface area contributed by atoms with Crippen molar-refractivity contribution in [1.82, 2.24) is 4.90 Å². The van der Waals surface area contributed by atoms with Gasteiger partial charge in [0, 0.05) is 11.5 Å². The Morgan fingerprint density at radius 2 is 1.67 bits per heavy atom. The third-order valence-corrected chi connectivity index (χ3v) is 5.81. The van der Waals surface area contributed by atoms with E-state index in [0.717, 1.165) is 22.3 Å². The van der Waals surface area contributed by atoms with Crippen LogP contribution >= 0.6 is 0 Å². The van der Waals surface area contributed by atoms with Gasteiger partial charge in [-0.1, -0.05) is 48.5 Å². The number of rotatable bonds is 4. The number of carbonyl (C=O) groups is 1. The van der Waals surface area contributed by atoms with Crippen molar-refractivity contribution in [2.45, 2.75) is 24.9 Å². The maximum absolute atomic E-state index is 13.2. The van der Waals surface area contributed by atoms with Crippen LogP contribution in [0.2, 0.25) is 0 Å². The van der Waals surface area contributed by atoms with Crippen molar-refractivity contribution in [3.8, 4) is 17.2 Å². The van der Waals surface area contributed by atoms with Gasteiger partial charge in [-0.2, -0.15) is 5.26 Å². The van der Waals surface area contributed by atoms with E-state index in [-0.39, 0.29) is 18.4 Å². The lowest BCUT2D eigenvalue weighted by molar-refractivity contribution is -0.00571. The molecule has 0 radical (unpaired) electrons. The Morgan fingerprint density at radius 1 is 1.03 bits per heavy atom. The largest absolute Gasteiger partial charge is 0.394 e. The Morgan fingerprint density at radius 3 is 2.30 bits per heavy atom. The van der Waals surface area contributed by atoms with Crippen molar-refractivity contribution in [3.63, 3.8) is 0 Å². The minimum Gasteiger partial charge on any atom is -0.394 e. The maximum atomic E-state index is 13.2. The van der Waals surface area contributed by atoms with Gasteiger partial charge in [0.1, 0.15) is 11.9 Å². The Kier molecular flexibility index (Phi) is 5.35. The molecule has 0 unspecified atom stereocenters. The molecule has 4 rings (SSSR count). The highest BCUT2D eigenvalue weighted by atomic mass is 19.1. The highest BCUT2D eigenvalue weighted by Crippen LogP contribution is 2.45. The lowest BCUT2D eigenvalue weighted by Crippen LogP contribution is -2.65. The van der Waals surface area contributed by atoms with Gasteiger partial charge in [0.05, 0.1) is 18.7 Å². The summed E-state index contributed by atoms with van der Waals surface area (Å²) in [6.45, 7) is 1.76. The molecule has 1 fully saturated rings. The second-order valence-corrected chi connectivity index (χ2v) is 7.47. The van der Waals surface area contributed by atoms with E-state index >= 15 is 0 Å². The molecule has 1 saturated heterocycles. The molecule has 5 heteroatoms. The van der Waals surface area contributed by atoms with Crippen LogP contribution in [0.3, 0.4) is 0 Å². The number of aliphatic hydroxyl groups excluding tert-OH is 1. The SMILES string of the molecule is Cc1ccccc1-c1ccccc1[C@@H]1[C@H](C#N)N(C(=O)c2ccc(F)cc2)[C@H]1CO. The van der Waals surface area contributed by atoms with Crippen LogP contribution in [0.25, 0.3) is 11.1 Å². The first kappa shape index (κ1) is 19.8. The van der Waals surface area contributed by atoms with E-state index < -0.39 is 17.9 Å². The van der Waals surface area contributed by atoms with Crippen molar-refractivity contribution >= 4 is 5.91 Å². The summed E-state index contributed by atoms with van der Waals surface area (Å²) in [6, 6.07) is 22.0. The molecular weight excluding hydrogens is 379 g/mol. The number of nitrogens with zero attached hydrogens (tertiary/aromatic N) is 2. The summed E-state index contributed by atoms with van der Waals surface area (Å²) in [5, 5.41) is 20.0. The van der Waals surface area contributed by atoms with Crippen LogP contribution in [-0.2, 0) is 0 Å². The van der Waals surface area contributed by atoms with E-state index in [4.69, 9.17) is 0 Å². The number of aryl methyl sites for hydroxylation is 1. The molecule has 0 spiro atoms. The lowest BCUT2D eigenvalue weighted by Gasteiger charge is -2.52. The predicted octanol–water partition coefficient (Wildman–Crippen LogP) is 4.29. The zero-order valence-electron chi connectivity index (χ0n) is 16.5. The van der Waals surface area contributed by atoms with Crippen LogP contribution in [0.5, 0.6) is 0 Å². The summed E-state index contributed by atoms with van der Waals surface area (Å²) in [5.41, 5.74) is 4.39. The first-order chi connectivity index (χ1) is 14.6. The fourth-order valence-corrected chi connectivity index (χ4v) is 4.31. The van der Waals surface area contributed by atoms with Crippen molar-refractivity contribution in [2.75, 3.05) is 6.61 Å². The topological polar surface area (TPSA) is 64.3 Å². The van der Waals surface area contributed by atoms with E-state index in [1.807, 2.05) is 55.5 Å². The molecule has 0 aliphatic carbocycles. The summed E-state index contributed by atoms with van der Waals surface area (Å²) in [7, 11) is 0. The van der Waals surface area contributed by atoms with Gasteiger partial charge in [0.2, 0.25) is 0 Å². The monoisotopic (exact) mass is 400 g/mol. The smallest absolute Gasteiger partial charge is 0.255 e. The van der Waals surface area contributed by atoms with Crippen LogP contribution in [-0.4, -0.2) is 34.6 Å².